The summed E-state index contributed by atoms with van der Waals surface area (Å²) >= 11 is 0. The van der Waals surface area contributed by atoms with Gasteiger partial charge >= 0.3 is 11.9 Å². The van der Waals surface area contributed by atoms with Crippen LogP contribution in [0.3, 0.4) is 0 Å². The van der Waals surface area contributed by atoms with Crippen molar-refractivity contribution in [3.05, 3.63) is 70.8 Å². The van der Waals surface area contributed by atoms with Gasteiger partial charge < -0.3 is 20.4 Å². The van der Waals surface area contributed by atoms with Gasteiger partial charge in [-0.3, -0.25) is 14.4 Å². The smallest absolute Gasteiger partial charge is 0.303 e. The molecule has 0 aliphatic rings. The van der Waals surface area contributed by atoms with Gasteiger partial charge in [0.15, 0.2) is 5.78 Å². The summed E-state index contributed by atoms with van der Waals surface area (Å²) in [4.78, 5) is 34.3. The number of aryl methyl sites for hydroxylation is 2. The number of carbonyl (C=O) groups is 3. The number of carbonyl (C=O) groups excluding carboxylic acids is 1. The monoisotopic (exact) mass is 470 g/mol. The van der Waals surface area contributed by atoms with Crippen molar-refractivity contribution in [2.75, 3.05) is 0 Å². The molecular formula is C27H34O7. The Hall–Kier alpha value is -3.03. The van der Waals surface area contributed by atoms with E-state index in [1.807, 2.05) is 24.3 Å². The number of hydrogen-bond donors (Lipinski definition) is 4. The summed E-state index contributed by atoms with van der Waals surface area (Å²) in [7, 11) is 0. The van der Waals surface area contributed by atoms with Crippen LogP contribution in [0.5, 0.6) is 0 Å². The van der Waals surface area contributed by atoms with Gasteiger partial charge in [-0.05, 0) is 61.8 Å². The van der Waals surface area contributed by atoms with Crippen LogP contribution in [-0.4, -0.2) is 49.4 Å². The van der Waals surface area contributed by atoms with Gasteiger partial charge in [-0.2, -0.15) is 0 Å². The highest BCUT2D eigenvalue weighted by atomic mass is 16.4. The molecule has 0 aliphatic carbocycles. The molecule has 0 radical (unpaired) electrons. The number of Topliss-reactive ketones (excluding diaryl/α,β-unsaturated/α-hetero) is 1. The minimum Gasteiger partial charge on any atom is -0.481 e. The van der Waals surface area contributed by atoms with Crippen molar-refractivity contribution in [2.24, 2.45) is 0 Å². The number of hydrogen-bond acceptors (Lipinski definition) is 5. The minimum absolute atomic E-state index is 0.0416. The van der Waals surface area contributed by atoms with Crippen molar-refractivity contribution in [3.8, 4) is 0 Å². The maximum absolute atomic E-state index is 13.0. The molecule has 34 heavy (non-hydrogen) atoms. The largest absolute Gasteiger partial charge is 0.481 e. The summed E-state index contributed by atoms with van der Waals surface area (Å²) in [5, 5.41) is 39.2. The molecule has 2 aromatic rings. The summed E-state index contributed by atoms with van der Waals surface area (Å²) in [6, 6.07) is 14.6. The van der Waals surface area contributed by atoms with E-state index >= 15 is 0 Å². The van der Waals surface area contributed by atoms with Crippen molar-refractivity contribution in [1.29, 1.82) is 0 Å². The Kier molecular flexibility index (Phi) is 9.53. The lowest BCUT2D eigenvalue weighted by atomic mass is 9.80. The van der Waals surface area contributed by atoms with E-state index < -0.39 is 28.9 Å². The van der Waals surface area contributed by atoms with Gasteiger partial charge in [-0.15, -0.1) is 0 Å². The molecule has 0 aliphatic heterocycles. The number of aliphatic carboxylic acids is 2. The number of carboxylic acid groups (broad SMARTS) is 2. The van der Waals surface area contributed by atoms with Crippen LogP contribution in [0, 0.1) is 0 Å². The van der Waals surface area contributed by atoms with E-state index in [9.17, 15) is 24.6 Å². The van der Waals surface area contributed by atoms with E-state index in [1.54, 1.807) is 24.3 Å². The van der Waals surface area contributed by atoms with Gasteiger partial charge in [0, 0.05) is 25.7 Å². The molecule has 4 N–H and O–H groups in total. The van der Waals surface area contributed by atoms with Crippen LogP contribution in [0.1, 0.15) is 61.8 Å². The third-order valence-corrected chi connectivity index (χ3v) is 5.83. The normalized spacial score (nSPS) is 14.7. The van der Waals surface area contributed by atoms with Gasteiger partial charge in [-0.25, -0.2) is 0 Å². The van der Waals surface area contributed by atoms with Crippen LogP contribution in [-0.2, 0) is 40.1 Å². The van der Waals surface area contributed by atoms with Gasteiger partial charge in [-0.1, -0.05) is 48.5 Å². The van der Waals surface area contributed by atoms with Crippen LogP contribution in [0.25, 0.3) is 0 Å². The molecule has 0 spiro atoms. The SMILES string of the molecule is CC(O)(Cc1ccc(CCCC(=O)O)cc1)C(=O)C(C)(O)Cc1ccc(CCCC(=O)O)cc1. The fourth-order valence-electron chi connectivity index (χ4n) is 4.07. The Morgan fingerprint density at radius 1 is 0.618 bits per heavy atom. The molecule has 0 amide bonds. The molecule has 2 atom stereocenters. The van der Waals surface area contributed by atoms with Crippen molar-refractivity contribution in [1.82, 2.24) is 0 Å². The summed E-state index contributed by atoms with van der Waals surface area (Å²) < 4.78 is 0. The quantitative estimate of drug-likeness (QED) is 0.333. The van der Waals surface area contributed by atoms with Gasteiger partial charge in [0.05, 0.1) is 0 Å². The molecule has 0 heterocycles. The molecule has 184 valence electrons. The molecule has 7 heteroatoms. The molecule has 0 aromatic heterocycles. The first-order valence-electron chi connectivity index (χ1n) is 11.5. The summed E-state index contributed by atoms with van der Waals surface area (Å²) in [6.45, 7) is 2.80. The Morgan fingerprint density at radius 3 is 1.21 bits per heavy atom. The predicted octanol–water partition coefficient (Wildman–Crippen LogP) is 3.36. The van der Waals surface area contributed by atoms with E-state index in [0.717, 1.165) is 22.3 Å². The number of aliphatic hydroxyl groups is 2. The Labute approximate surface area is 200 Å². The highest BCUT2D eigenvalue weighted by Crippen LogP contribution is 2.25. The lowest BCUT2D eigenvalue weighted by Crippen LogP contribution is -2.52. The van der Waals surface area contributed by atoms with E-state index in [1.165, 1.54) is 13.8 Å². The zero-order valence-corrected chi connectivity index (χ0v) is 19.8. The second-order valence-electron chi connectivity index (χ2n) is 9.36. The van der Waals surface area contributed by atoms with Crippen molar-refractivity contribution in [3.63, 3.8) is 0 Å². The third kappa shape index (κ3) is 8.72. The van der Waals surface area contributed by atoms with Crippen LogP contribution in [0.2, 0.25) is 0 Å². The van der Waals surface area contributed by atoms with Crippen LogP contribution in [0.15, 0.2) is 48.5 Å². The fourth-order valence-corrected chi connectivity index (χ4v) is 4.07. The topological polar surface area (TPSA) is 132 Å². The van der Waals surface area contributed by atoms with Crippen LogP contribution < -0.4 is 0 Å². The van der Waals surface area contributed by atoms with Crippen molar-refractivity contribution < 1.29 is 34.8 Å². The number of benzene rings is 2. The average molecular weight is 471 g/mol. The fraction of sp³-hybridized carbons (Fsp3) is 0.444. The molecule has 0 fully saturated rings. The highest BCUT2D eigenvalue weighted by molar-refractivity contribution is 5.94. The maximum atomic E-state index is 13.0. The van der Waals surface area contributed by atoms with Crippen molar-refractivity contribution in [2.45, 2.75) is 76.4 Å². The maximum Gasteiger partial charge on any atom is 0.303 e. The Morgan fingerprint density at radius 2 is 0.912 bits per heavy atom. The summed E-state index contributed by atoms with van der Waals surface area (Å²) in [5.74, 6) is -2.33. The molecule has 0 saturated carbocycles. The first kappa shape index (κ1) is 27.2. The molecule has 0 bridgehead atoms. The van der Waals surface area contributed by atoms with E-state index in [-0.39, 0.29) is 25.7 Å². The molecule has 0 saturated heterocycles. The zero-order valence-electron chi connectivity index (χ0n) is 19.8. The second-order valence-corrected chi connectivity index (χ2v) is 9.36. The predicted molar refractivity (Wildman–Crippen MR) is 128 cm³/mol. The molecule has 2 rings (SSSR count). The van der Waals surface area contributed by atoms with Gasteiger partial charge in [0.25, 0.3) is 0 Å². The van der Waals surface area contributed by atoms with E-state index in [4.69, 9.17) is 10.2 Å². The second kappa shape index (κ2) is 11.9. The highest BCUT2D eigenvalue weighted by Gasteiger charge is 2.42. The van der Waals surface area contributed by atoms with Gasteiger partial charge in [0.2, 0.25) is 0 Å². The Balaban J connectivity index is 1.96. The first-order valence-corrected chi connectivity index (χ1v) is 11.5. The third-order valence-electron chi connectivity index (χ3n) is 5.83. The van der Waals surface area contributed by atoms with Crippen molar-refractivity contribution >= 4 is 17.7 Å². The zero-order chi connectivity index (χ0) is 25.4. The van der Waals surface area contributed by atoms with Crippen LogP contribution >= 0.6 is 0 Å². The lowest BCUT2D eigenvalue weighted by Gasteiger charge is -2.31. The Bertz CT molecular complexity index is 894. The van der Waals surface area contributed by atoms with Crippen LogP contribution in [0.4, 0.5) is 0 Å². The van der Waals surface area contributed by atoms with Gasteiger partial charge in [0.1, 0.15) is 11.2 Å². The summed E-state index contributed by atoms with van der Waals surface area (Å²) in [6.07, 6.45) is 2.64. The molecule has 7 nitrogen and oxygen atoms in total. The number of carboxylic acids is 2. The molecular weight excluding hydrogens is 436 g/mol. The average Bonchev–Trinajstić information content (AvgIpc) is 2.75. The number of rotatable bonds is 14. The number of ketones is 1. The lowest BCUT2D eigenvalue weighted by molar-refractivity contribution is -0.153. The van der Waals surface area contributed by atoms with E-state index in [0.29, 0.717) is 25.7 Å². The summed E-state index contributed by atoms with van der Waals surface area (Å²) in [5.41, 5.74) is -0.108. The molecule has 2 unspecified atom stereocenters. The van der Waals surface area contributed by atoms with E-state index in [2.05, 4.69) is 0 Å². The molecule has 2 aromatic carbocycles. The first-order chi connectivity index (χ1) is 15.9. The standard InChI is InChI=1S/C27H34O7/c1-26(33,17-21-13-9-19(10-14-21)5-3-7-23(28)29)25(32)27(2,34)18-22-15-11-20(12-16-22)6-4-8-24(30)31/h9-16,33-34H,3-8,17-18H2,1-2H3,(H,28,29)(H,30,31). The minimum atomic E-state index is -1.77.